The van der Waals surface area contributed by atoms with Gasteiger partial charge in [-0.25, -0.2) is 8.42 Å². The first kappa shape index (κ1) is 19.1. The second kappa shape index (κ2) is 8.22. The van der Waals surface area contributed by atoms with Crippen molar-refractivity contribution in [2.24, 2.45) is 0 Å². The Morgan fingerprint density at radius 2 is 1.76 bits per heavy atom. The van der Waals surface area contributed by atoms with Crippen LogP contribution in [0.15, 0.2) is 47.4 Å². The minimum Gasteiger partial charge on any atom is -0.497 e. The van der Waals surface area contributed by atoms with E-state index in [1.54, 1.807) is 24.3 Å². The van der Waals surface area contributed by atoms with Crippen molar-refractivity contribution in [3.63, 3.8) is 0 Å². The van der Waals surface area contributed by atoms with E-state index in [9.17, 15) is 13.2 Å². The van der Waals surface area contributed by atoms with E-state index in [1.807, 2.05) is 0 Å². The summed E-state index contributed by atoms with van der Waals surface area (Å²) in [4.78, 5) is 12.2. The van der Waals surface area contributed by atoms with Crippen molar-refractivity contribution in [3.05, 3.63) is 47.5 Å². The lowest BCUT2D eigenvalue weighted by molar-refractivity contribution is -0.115. The fourth-order valence-electron chi connectivity index (χ4n) is 2.12. The second-order valence-corrected chi connectivity index (χ2v) is 7.68. The SMILES string of the molecule is COc1ccc(S(=O)(=O)CCC(=O)Nc2cc(Cl)ccc2OC)cc1. The Hall–Kier alpha value is -2.25. The maximum absolute atomic E-state index is 12.3. The van der Waals surface area contributed by atoms with Crippen LogP contribution in [0, 0.1) is 0 Å². The Morgan fingerprint density at radius 1 is 1.08 bits per heavy atom. The topological polar surface area (TPSA) is 81.7 Å². The van der Waals surface area contributed by atoms with Gasteiger partial charge in [-0.3, -0.25) is 4.79 Å². The number of carbonyl (C=O) groups is 1. The van der Waals surface area contributed by atoms with Gasteiger partial charge in [0.1, 0.15) is 11.5 Å². The lowest BCUT2D eigenvalue weighted by Crippen LogP contribution is -2.17. The zero-order chi connectivity index (χ0) is 18.4. The molecule has 6 nitrogen and oxygen atoms in total. The van der Waals surface area contributed by atoms with Crippen molar-refractivity contribution in [1.29, 1.82) is 0 Å². The molecular formula is C17H18ClNO5S. The van der Waals surface area contributed by atoms with Gasteiger partial charge in [0, 0.05) is 11.4 Å². The summed E-state index contributed by atoms with van der Waals surface area (Å²) >= 11 is 5.90. The van der Waals surface area contributed by atoms with Gasteiger partial charge in [-0.05, 0) is 42.5 Å². The van der Waals surface area contributed by atoms with Crippen LogP contribution in [0.25, 0.3) is 0 Å². The number of nitrogens with one attached hydrogen (secondary N) is 1. The molecule has 0 saturated heterocycles. The average Bonchev–Trinajstić information content (AvgIpc) is 2.60. The van der Waals surface area contributed by atoms with Gasteiger partial charge in [0.05, 0.1) is 30.6 Å². The molecule has 0 atom stereocenters. The molecule has 0 aromatic heterocycles. The molecule has 2 aromatic carbocycles. The van der Waals surface area contributed by atoms with E-state index in [-0.39, 0.29) is 17.1 Å². The summed E-state index contributed by atoms with van der Waals surface area (Å²) in [5, 5.41) is 3.04. The number of anilines is 1. The Morgan fingerprint density at radius 3 is 2.36 bits per heavy atom. The van der Waals surface area contributed by atoms with E-state index in [2.05, 4.69) is 5.32 Å². The summed E-state index contributed by atoms with van der Waals surface area (Å²) < 4.78 is 34.7. The monoisotopic (exact) mass is 383 g/mol. The Bertz CT molecular complexity index is 850. The molecule has 0 saturated carbocycles. The molecule has 2 rings (SSSR count). The quantitative estimate of drug-likeness (QED) is 0.794. The molecule has 8 heteroatoms. The number of carbonyl (C=O) groups excluding carboxylic acids is 1. The Labute approximate surface area is 151 Å². The van der Waals surface area contributed by atoms with E-state index in [1.165, 1.54) is 32.4 Å². The van der Waals surface area contributed by atoms with Crippen LogP contribution in [0.3, 0.4) is 0 Å². The molecule has 25 heavy (non-hydrogen) atoms. The van der Waals surface area contributed by atoms with Crippen LogP contribution in [0.1, 0.15) is 6.42 Å². The van der Waals surface area contributed by atoms with Gasteiger partial charge in [-0.2, -0.15) is 0 Å². The molecule has 1 N–H and O–H groups in total. The lowest BCUT2D eigenvalue weighted by Gasteiger charge is -2.11. The van der Waals surface area contributed by atoms with Crippen molar-refractivity contribution in [2.45, 2.75) is 11.3 Å². The van der Waals surface area contributed by atoms with Crippen LogP contribution in [0.2, 0.25) is 5.02 Å². The molecule has 1 amide bonds. The van der Waals surface area contributed by atoms with Gasteiger partial charge in [-0.15, -0.1) is 0 Å². The third-order valence-corrected chi connectivity index (χ3v) is 5.42. The predicted octanol–water partition coefficient (Wildman–Crippen LogP) is 3.16. The summed E-state index contributed by atoms with van der Waals surface area (Å²) in [7, 11) is -0.607. The van der Waals surface area contributed by atoms with E-state index in [4.69, 9.17) is 21.1 Å². The first-order valence-corrected chi connectivity index (χ1v) is 9.39. The van der Waals surface area contributed by atoms with Gasteiger partial charge in [-0.1, -0.05) is 11.6 Å². The van der Waals surface area contributed by atoms with Gasteiger partial charge in [0.15, 0.2) is 9.84 Å². The molecule has 134 valence electrons. The maximum Gasteiger partial charge on any atom is 0.225 e. The number of ether oxygens (including phenoxy) is 2. The van der Waals surface area contributed by atoms with Crippen LogP contribution in [-0.2, 0) is 14.6 Å². The number of amides is 1. The van der Waals surface area contributed by atoms with Crippen LogP contribution >= 0.6 is 11.6 Å². The van der Waals surface area contributed by atoms with Crippen LogP contribution < -0.4 is 14.8 Å². The maximum atomic E-state index is 12.3. The normalized spacial score (nSPS) is 11.0. The Balaban J connectivity index is 2.02. The standard InChI is InChI=1S/C17H18ClNO5S/c1-23-13-4-6-14(7-5-13)25(21,22)10-9-17(20)19-15-11-12(18)3-8-16(15)24-2/h3-8,11H,9-10H2,1-2H3,(H,19,20). The van der Waals surface area contributed by atoms with Crippen LogP contribution in [-0.4, -0.2) is 34.3 Å². The first-order chi connectivity index (χ1) is 11.9. The highest BCUT2D eigenvalue weighted by atomic mass is 35.5. The molecule has 2 aromatic rings. The molecule has 0 aliphatic rings. The zero-order valence-electron chi connectivity index (χ0n) is 13.8. The number of hydrogen-bond donors (Lipinski definition) is 1. The van der Waals surface area contributed by atoms with Crippen molar-refractivity contribution in [2.75, 3.05) is 25.3 Å². The van der Waals surface area contributed by atoms with Crippen molar-refractivity contribution < 1.29 is 22.7 Å². The average molecular weight is 384 g/mol. The number of halogens is 1. The summed E-state index contributed by atoms with van der Waals surface area (Å²) in [5.74, 6) is 0.242. The molecule has 0 radical (unpaired) electrons. The third kappa shape index (κ3) is 5.11. The highest BCUT2D eigenvalue weighted by Crippen LogP contribution is 2.27. The van der Waals surface area contributed by atoms with Gasteiger partial charge in [0.25, 0.3) is 0 Å². The molecular weight excluding hydrogens is 366 g/mol. The minimum atomic E-state index is -3.57. The number of rotatable bonds is 7. The molecule has 0 aliphatic heterocycles. The van der Waals surface area contributed by atoms with E-state index in [0.29, 0.717) is 22.2 Å². The summed E-state index contributed by atoms with van der Waals surface area (Å²) in [5.41, 5.74) is 0.391. The first-order valence-electron chi connectivity index (χ1n) is 7.36. The van der Waals surface area contributed by atoms with Crippen LogP contribution in [0.4, 0.5) is 5.69 Å². The number of benzene rings is 2. The molecule has 0 unspecified atom stereocenters. The van der Waals surface area contributed by atoms with E-state index >= 15 is 0 Å². The summed E-state index contributed by atoms with van der Waals surface area (Å²) in [6.45, 7) is 0. The van der Waals surface area contributed by atoms with E-state index in [0.717, 1.165) is 0 Å². The Kier molecular flexibility index (Phi) is 6.27. The molecule has 0 aliphatic carbocycles. The second-order valence-electron chi connectivity index (χ2n) is 5.14. The fraction of sp³-hybridized carbons (Fsp3) is 0.235. The smallest absolute Gasteiger partial charge is 0.225 e. The predicted molar refractivity (Wildman–Crippen MR) is 96.3 cm³/mol. The fourth-order valence-corrected chi connectivity index (χ4v) is 3.53. The van der Waals surface area contributed by atoms with Crippen molar-refractivity contribution in [1.82, 2.24) is 0 Å². The molecule has 0 spiro atoms. The van der Waals surface area contributed by atoms with E-state index < -0.39 is 15.7 Å². The van der Waals surface area contributed by atoms with Crippen molar-refractivity contribution >= 4 is 33.0 Å². The van der Waals surface area contributed by atoms with Gasteiger partial charge >= 0.3 is 0 Å². The summed E-state index contributed by atoms with van der Waals surface area (Å²) in [6, 6.07) is 10.8. The zero-order valence-corrected chi connectivity index (χ0v) is 15.4. The molecule has 0 heterocycles. The third-order valence-electron chi connectivity index (χ3n) is 3.45. The highest BCUT2D eigenvalue weighted by Gasteiger charge is 2.17. The number of hydrogen-bond acceptors (Lipinski definition) is 5. The lowest BCUT2D eigenvalue weighted by atomic mass is 10.3. The van der Waals surface area contributed by atoms with Gasteiger partial charge in [0.2, 0.25) is 5.91 Å². The molecule has 0 fully saturated rings. The number of methoxy groups -OCH3 is 2. The van der Waals surface area contributed by atoms with Crippen LogP contribution in [0.5, 0.6) is 11.5 Å². The summed E-state index contributed by atoms with van der Waals surface area (Å²) in [6.07, 6.45) is -0.190. The van der Waals surface area contributed by atoms with Crippen molar-refractivity contribution in [3.8, 4) is 11.5 Å². The minimum absolute atomic E-state index is 0.140. The molecule has 0 bridgehead atoms. The van der Waals surface area contributed by atoms with Gasteiger partial charge < -0.3 is 14.8 Å². The number of sulfone groups is 1. The highest BCUT2D eigenvalue weighted by molar-refractivity contribution is 7.91. The largest absolute Gasteiger partial charge is 0.497 e.